The lowest BCUT2D eigenvalue weighted by atomic mass is 10.2. The fourth-order valence-electron chi connectivity index (χ4n) is 1.48. The third kappa shape index (κ3) is 3.45. The van der Waals surface area contributed by atoms with Crippen LogP contribution in [0.4, 0.5) is 0 Å². The van der Waals surface area contributed by atoms with Gasteiger partial charge in [-0.05, 0) is 18.2 Å². The highest BCUT2D eigenvalue weighted by molar-refractivity contribution is 9.10. The Kier molecular flexibility index (Phi) is 4.44. The van der Waals surface area contributed by atoms with Gasteiger partial charge >= 0.3 is 0 Å². The van der Waals surface area contributed by atoms with Crippen molar-refractivity contribution in [2.75, 3.05) is 26.3 Å². The van der Waals surface area contributed by atoms with Crippen LogP contribution in [-0.2, 0) is 4.74 Å². The number of hydrogen-bond donors (Lipinski definition) is 1. The lowest BCUT2D eigenvalue weighted by molar-refractivity contribution is 0.0765. The molecule has 1 fully saturated rings. The second kappa shape index (κ2) is 5.86. The predicted octanol–water partition coefficient (Wildman–Crippen LogP) is 2.28. The van der Waals surface area contributed by atoms with E-state index >= 15 is 0 Å². The third-order valence-electron chi connectivity index (χ3n) is 2.36. The van der Waals surface area contributed by atoms with Crippen LogP contribution >= 0.6 is 27.9 Å². The first-order valence-electron chi connectivity index (χ1n) is 5.20. The summed E-state index contributed by atoms with van der Waals surface area (Å²) in [4.78, 5) is 12.0. The molecule has 0 aromatic heterocycles. The minimum Gasteiger partial charge on any atom is -0.507 e. The number of aromatic hydroxyl groups is 1. The summed E-state index contributed by atoms with van der Waals surface area (Å²) in [5, 5.41) is 9.49. The van der Waals surface area contributed by atoms with Crippen molar-refractivity contribution in [3.63, 3.8) is 0 Å². The molecule has 1 heterocycles. The maximum atomic E-state index is 12.0. The molecule has 1 aliphatic heterocycles. The number of phenolic OH excluding ortho intramolecular Hbond substituents is 1. The van der Waals surface area contributed by atoms with E-state index in [0.717, 1.165) is 29.5 Å². The second-order valence-corrected chi connectivity index (χ2v) is 5.57. The van der Waals surface area contributed by atoms with Gasteiger partial charge in [-0.2, -0.15) is 0 Å². The average Bonchev–Trinajstić information content (AvgIpc) is 2.33. The number of nitrogens with zero attached hydrogens (tertiary/aromatic N) is 1. The summed E-state index contributed by atoms with van der Waals surface area (Å²) in [6.45, 7) is 2.74. The Labute approximate surface area is 112 Å². The molecule has 0 spiro atoms. The van der Waals surface area contributed by atoms with Crippen molar-refractivity contribution in [2.24, 2.45) is 0 Å². The van der Waals surface area contributed by atoms with Gasteiger partial charge in [0.05, 0.1) is 18.8 Å². The molecule has 1 saturated heterocycles. The van der Waals surface area contributed by atoms with Gasteiger partial charge in [-0.15, -0.1) is 0 Å². The van der Waals surface area contributed by atoms with E-state index in [2.05, 4.69) is 15.9 Å². The van der Waals surface area contributed by atoms with Crippen LogP contribution in [0.15, 0.2) is 22.7 Å². The van der Waals surface area contributed by atoms with Gasteiger partial charge in [-0.3, -0.25) is 4.79 Å². The number of carbonyl (C=O) groups is 1. The van der Waals surface area contributed by atoms with Crippen molar-refractivity contribution in [3.05, 3.63) is 28.2 Å². The van der Waals surface area contributed by atoms with Gasteiger partial charge in [0, 0.05) is 29.5 Å². The van der Waals surface area contributed by atoms with Crippen LogP contribution in [0.25, 0.3) is 0 Å². The molecule has 1 aliphatic rings. The van der Waals surface area contributed by atoms with Crippen molar-refractivity contribution in [3.8, 4) is 5.75 Å². The van der Waals surface area contributed by atoms with E-state index in [9.17, 15) is 9.90 Å². The number of carbonyl (C=O) groups excluding carboxylic acids is 1. The van der Waals surface area contributed by atoms with E-state index in [4.69, 9.17) is 4.74 Å². The molecule has 1 N–H and O–H groups in total. The first-order chi connectivity index (χ1) is 8.16. The molecular weight excluding hydrogens is 306 g/mol. The molecule has 0 unspecified atom stereocenters. The van der Waals surface area contributed by atoms with Gasteiger partial charge in [0.25, 0.3) is 0 Å². The van der Waals surface area contributed by atoms with Crippen LogP contribution in [0.5, 0.6) is 5.75 Å². The van der Waals surface area contributed by atoms with Gasteiger partial charge < -0.3 is 9.84 Å². The van der Waals surface area contributed by atoms with E-state index in [1.807, 2.05) is 4.31 Å². The Morgan fingerprint density at radius 2 is 2.12 bits per heavy atom. The van der Waals surface area contributed by atoms with Crippen LogP contribution in [0.1, 0.15) is 10.4 Å². The highest BCUT2D eigenvalue weighted by Gasteiger charge is 2.19. The second-order valence-electron chi connectivity index (χ2n) is 3.58. The largest absolute Gasteiger partial charge is 0.507 e. The van der Waals surface area contributed by atoms with Crippen molar-refractivity contribution in [2.45, 2.75) is 0 Å². The molecule has 2 rings (SSSR count). The van der Waals surface area contributed by atoms with Crippen molar-refractivity contribution in [1.82, 2.24) is 4.31 Å². The molecule has 1 aromatic carbocycles. The zero-order valence-electron chi connectivity index (χ0n) is 9.06. The van der Waals surface area contributed by atoms with Gasteiger partial charge in [0.15, 0.2) is 0 Å². The van der Waals surface area contributed by atoms with E-state index in [1.165, 1.54) is 6.07 Å². The fraction of sp³-hybridized carbons (Fsp3) is 0.364. The van der Waals surface area contributed by atoms with Crippen molar-refractivity contribution >= 4 is 33.0 Å². The van der Waals surface area contributed by atoms with Gasteiger partial charge in [0.2, 0.25) is 5.12 Å². The Hall–Kier alpha value is -0.560. The first kappa shape index (κ1) is 12.9. The molecule has 0 atom stereocenters. The number of ether oxygens (including phenoxy) is 1. The number of benzene rings is 1. The molecule has 6 heteroatoms. The monoisotopic (exact) mass is 317 g/mol. The normalized spacial score (nSPS) is 17.0. The maximum absolute atomic E-state index is 12.0. The Bertz CT molecular complexity index is 421. The van der Waals surface area contributed by atoms with E-state index in [-0.39, 0.29) is 10.9 Å². The van der Waals surface area contributed by atoms with E-state index < -0.39 is 0 Å². The average molecular weight is 318 g/mol. The highest BCUT2D eigenvalue weighted by Crippen LogP contribution is 2.27. The minimum atomic E-state index is -0.147. The minimum absolute atomic E-state index is 0.0129. The van der Waals surface area contributed by atoms with E-state index in [0.29, 0.717) is 18.8 Å². The van der Waals surface area contributed by atoms with Gasteiger partial charge in [-0.25, -0.2) is 4.31 Å². The summed E-state index contributed by atoms with van der Waals surface area (Å²) in [7, 11) is 0. The van der Waals surface area contributed by atoms with E-state index in [1.54, 1.807) is 12.1 Å². The summed E-state index contributed by atoms with van der Waals surface area (Å²) < 4.78 is 7.94. The van der Waals surface area contributed by atoms with Crippen LogP contribution in [0.3, 0.4) is 0 Å². The SMILES string of the molecule is O=C(SN1CCOCC1)c1cc(Br)ccc1O. The predicted molar refractivity (Wildman–Crippen MR) is 70.1 cm³/mol. The van der Waals surface area contributed by atoms with Crippen molar-refractivity contribution in [1.29, 1.82) is 0 Å². The molecule has 0 amide bonds. The van der Waals surface area contributed by atoms with Crippen LogP contribution in [0, 0.1) is 0 Å². The fourth-order valence-corrected chi connectivity index (χ4v) is 2.67. The number of phenols is 1. The maximum Gasteiger partial charge on any atom is 0.238 e. The summed E-state index contributed by atoms with van der Waals surface area (Å²) in [6.07, 6.45) is 0. The molecular formula is C11H12BrNO3S. The first-order valence-corrected chi connectivity index (χ1v) is 6.77. The molecule has 0 bridgehead atoms. The zero-order chi connectivity index (χ0) is 12.3. The quantitative estimate of drug-likeness (QED) is 0.848. The lowest BCUT2D eigenvalue weighted by Crippen LogP contribution is -2.32. The van der Waals surface area contributed by atoms with Crippen LogP contribution in [0.2, 0.25) is 0 Å². The van der Waals surface area contributed by atoms with Gasteiger partial charge in [-0.1, -0.05) is 15.9 Å². The molecule has 4 nitrogen and oxygen atoms in total. The molecule has 0 saturated carbocycles. The number of rotatable bonds is 2. The topological polar surface area (TPSA) is 49.8 Å². The number of morpholine rings is 1. The van der Waals surface area contributed by atoms with Crippen LogP contribution in [-0.4, -0.2) is 40.8 Å². The summed E-state index contributed by atoms with van der Waals surface area (Å²) >= 11 is 4.41. The molecule has 1 aromatic rings. The van der Waals surface area contributed by atoms with Crippen molar-refractivity contribution < 1.29 is 14.6 Å². The lowest BCUT2D eigenvalue weighted by Gasteiger charge is -2.24. The van der Waals surface area contributed by atoms with Crippen LogP contribution < -0.4 is 0 Å². The zero-order valence-corrected chi connectivity index (χ0v) is 11.5. The standard InChI is InChI=1S/C11H12BrNO3S/c12-8-1-2-10(14)9(7-8)11(15)17-13-3-5-16-6-4-13/h1-2,7,14H,3-6H2. The highest BCUT2D eigenvalue weighted by atomic mass is 79.9. The number of hydrogen-bond acceptors (Lipinski definition) is 5. The number of halogens is 1. The Morgan fingerprint density at radius 1 is 1.41 bits per heavy atom. The molecule has 0 radical (unpaired) electrons. The molecule has 17 heavy (non-hydrogen) atoms. The summed E-state index contributed by atoms with van der Waals surface area (Å²) in [5.41, 5.74) is 0.330. The molecule has 0 aliphatic carbocycles. The summed E-state index contributed by atoms with van der Waals surface area (Å²) in [5.74, 6) is 0.0129. The Morgan fingerprint density at radius 3 is 2.82 bits per heavy atom. The smallest absolute Gasteiger partial charge is 0.238 e. The molecule has 92 valence electrons. The Balaban J connectivity index is 2.05. The third-order valence-corrected chi connectivity index (χ3v) is 3.86. The summed E-state index contributed by atoms with van der Waals surface area (Å²) in [6, 6.07) is 4.84. The van der Waals surface area contributed by atoms with Gasteiger partial charge in [0.1, 0.15) is 5.75 Å².